The van der Waals surface area contributed by atoms with Crippen molar-refractivity contribution in [3.63, 3.8) is 0 Å². The smallest absolute Gasteiger partial charge is 0.267 e. The molecule has 0 fully saturated rings. The molecule has 0 saturated heterocycles. The molecule has 0 atom stereocenters. The molecule has 0 aliphatic heterocycles. The van der Waals surface area contributed by atoms with E-state index in [2.05, 4.69) is 15.6 Å². The lowest BCUT2D eigenvalue weighted by atomic mass is 10.3. The number of hydrogen-bond acceptors (Lipinski definition) is 6. The number of rotatable bonds is 6. The number of nitrogens with one attached hydrogen (secondary N) is 2. The Morgan fingerprint density at radius 1 is 1.17 bits per heavy atom. The van der Waals surface area contributed by atoms with Crippen molar-refractivity contribution in [1.29, 1.82) is 0 Å². The third-order valence-corrected chi connectivity index (χ3v) is 5.97. The van der Waals surface area contributed by atoms with Gasteiger partial charge in [-0.25, -0.2) is 4.98 Å². The minimum absolute atomic E-state index is 0.0794. The van der Waals surface area contributed by atoms with Gasteiger partial charge in [-0.2, -0.15) is 0 Å². The van der Waals surface area contributed by atoms with Gasteiger partial charge >= 0.3 is 0 Å². The third-order valence-electron chi connectivity index (χ3n) is 3.27. The Morgan fingerprint density at radius 2 is 2.04 bits per heavy atom. The van der Waals surface area contributed by atoms with Crippen LogP contribution >= 0.6 is 34.0 Å². The van der Waals surface area contributed by atoms with Gasteiger partial charge in [0.15, 0.2) is 5.13 Å². The van der Waals surface area contributed by atoms with Crippen molar-refractivity contribution in [2.75, 3.05) is 5.32 Å². The first-order valence-corrected chi connectivity index (χ1v) is 9.84. The average molecular weight is 378 g/mol. The van der Waals surface area contributed by atoms with Gasteiger partial charge < -0.3 is 5.32 Å². The second kappa shape index (κ2) is 7.69. The molecule has 2 amide bonds. The fourth-order valence-corrected chi connectivity index (χ4v) is 4.17. The van der Waals surface area contributed by atoms with Crippen molar-refractivity contribution in [2.45, 2.75) is 19.9 Å². The molecule has 24 heavy (non-hydrogen) atoms. The topological polar surface area (TPSA) is 71.1 Å². The second-order valence-corrected chi connectivity index (χ2v) is 7.86. The molecule has 3 aromatic heterocycles. The van der Waals surface area contributed by atoms with Crippen LogP contribution in [-0.2, 0) is 17.8 Å². The Bertz CT molecular complexity index is 837. The molecule has 0 bridgehead atoms. The van der Waals surface area contributed by atoms with E-state index in [4.69, 9.17) is 0 Å². The molecule has 0 aromatic carbocycles. The SMILES string of the molecule is Cc1ccsc1CNC(=O)Cc1csc(NC(=O)c2cccs2)n1. The predicted octanol–water partition coefficient (Wildman–Crippen LogP) is 3.69. The highest BCUT2D eigenvalue weighted by atomic mass is 32.1. The van der Waals surface area contributed by atoms with Gasteiger partial charge in [-0.3, -0.25) is 14.9 Å². The summed E-state index contributed by atoms with van der Waals surface area (Å²) in [7, 11) is 0. The molecule has 3 heterocycles. The third kappa shape index (κ3) is 4.28. The molecule has 3 aromatic rings. The number of amides is 2. The Labute approximate surface area is 151 Å². The van der Waals surface area contributed by atoms with Crippen molar-refractivity contribution in [3.05, 3.63) is 55.4 Å². The summed E-state index contributed by atoms with van der Waals surface area (Å²) in [4.78, 5) is 30.1. The number of aryl methyl sites for hydroxylation is 1. The number of hydrogen-bond donors (Lipinski definition) is 2. The zero-order valence-corrected chi connectivity index (χ0v) is 15.3. The highest BCUT2D eigenvalue weighted by molar-refractivity contribution is 7.14. The first-order chi connectivity index (χ1) is 11.6. The van der Waals surface area contributed by atoms with Crippen LogP contribution < -0.4 is 10.6 Å². The van der Waals surface area contributed by atoms with Crippen molar-refractivity contribution in [2.24, 2.45) is 0 Å². The van der Waals surface area contributed by atoms with Gasteiger partial charge in [-0.05, 0) is 35.4 Å². The number of thiophene rings is 2. The molecule has 0 spiro atoms. The highest BCUT2D eigenvalue weighted by Gasteiger charge is 2.12. The van der Waals surface area contributed by atoms with Crippen molar-refractivity contribution in [1.82, 2.24) is 10.3 Å². The van der Waals surface area contributed by atoms with Gasteiger partial charge in [0.2, 0.25) is 5.91 Å². The van der Waals surface area contributed by atoms with Gasteiger partial charge in [-0.1, -0.05) is 6.07 Å². The number of carbonyl (C=O) groups is 2. The molecule has 0 radical (unpaired) electrons. The van der Waals surface area contributed by atoms with E-state index in [1.807, 2.05) is 29.8 Å². The average Bonchev–Trinajstić information content (AvgIpc) is 3.28. The molecule has 5 nitrogen and oxygen atoms in total. The Kier molecular flexibility index (Phi) is 5.39. The number of thiazole rings is 1. The summed E-state index contributed by atoms with van der Waals surface area (Å²) in [5.74, 6) is -0.257. The molecular formula is C16H15N3O2S3. The molecule has 8 heteroatoms. The van der Waals surface area contributed by atoms with Crippen molar-refractivity contribution < 1.29 is 9.59 Å². The molecule has 124 valence electrons. The zero-order chi connectivity index (χ0) is 16.9. The van der Waals surface area contributed by atoms with E-state index in [1.54, 1.807) is 22.8 Å². The van der Waals surface area contributed by atoms with E-state index in [1.165, 1.54) is 28.2 Å². The Balaban J connectivity index is 1.51. The second-order valence-electron chi connectivity index (χ2n) is 5.06. The Morgan fingerprint density at radius 3 is 2.75 bits per heavy atom. The lowest BCUT2D eigenvalue weighted by Crippen LogP contribution is -2.24. The lowest BCUT2D eigenvalue weighted by Gasteiger charge is -2.03. The number of aromatic nitrogens is 1. The fourth-order valence-electron chi connectivity index (χ4n) is 2.00. The number of carbonyl (C=O) groups excluding carboxylic acids is 2. The van der Waals surface area contributed by atoms with E-state index in [-0.39, 0.29) is 18.2 Å². The minimum atomic E-state index is -0.177. The van der Waals surface area contributed by atoms with Crippen LogP contribution in [0.4, 0.5) is 5.13 Å². The molecule has 0 saturated carbocycles. The maximum absolute atomic E-state index is 12.0. The quantitative estimate of drug-likeness (QED) is 0.688. The lowest BCUT2D eigenvalue weighted by molar-refractivity contribution is -0.120. The standard InChI is InChI=1S/C16H15N3O2S3/c1-10-4-6-23-13(10)8-17-14(20)7-11-9-24-16(18-11)19-15(21)12-3-2-5-22-12/h2-6,9H,7-8H2,1H3,(H,17,20)(H,18,19,21). The van der Waals surface area contributed by atoms with Crippen LogP contribution in [0.15, 0.2) is 34.3 Å². The fraction of sp³-hybridized carbons (Fsp3) is 0.188. The molecular weight excluding hydrogens is 362 g/mol. The molecule has 3 rings (SSSR count). The molecule has 0 aliphatic carbocycles. The molecule has 0 aliphatic rings. The predicted molar refractivity (Wildman–Crippen MR) is 99.0 cm³/mol. The van der Waals surface area contributed by atoms with E-state index in [0.717, 1.165) is 4.88 Å². The summed E-state index contributed by atoms with van der Waals surface area (Å²) in [6.45, 7) is 2.56. The highest BCUT2D eigenvalue weighted by Crippen LogP contribution is 2.19. The first-order valence-electron chi connectivity index (χ1n) is 7.21. The van der Waals surface area contributed by atoms with Crippen LogP contribution in [0, 0.1) is 6.92 Å². The Hall–Kier alpha value is -2.03. The molecule has 2 N–H and O–H groups in total. The zero-order valence-electron chi connectivity index (χ0n) is 12.9. The van der Waals surface area contributed by atoms with Crippen LogP contribution in [0.25, 0.3) is 0 Å². The van der Waals surface area contributed by atoms with Gasteiger partial charge in [-0.15, -0.1) is 34.0 Å². The van der Waals surface area contributed by atoms with E-state index in [0.29, 0.717) is 22.2 Å². The summed E-state index contributed by atoms with van der Waals surface area (Å²) in [5, 5.41) is 11.8. The van der Waals surface area contributed by atoms with Crippen LogP contribution in [0.3, 0.4) is 0 Å². The first kappa shape index (κ1) is 16.8. The summed E-state index contributed by atoms with van der Waals surface area (Å²) in [6.07, 6.45) is 0.204. The summed E-state index contributed by atoms with van der Waals surface area (Å²) in [6, 6.07) is 5.62. The van der Waals surface area contributed by atoms with Gasteiger partial charge in [0.25, 0.3) is 5.91 Å². The summed E-state index contributed by atoms with van der Waals surface area (Å²) < 4.78 is 0. The van der Waals surface area contributed by atoms with Crippen LogP contribution in [-0.4, -0.2) is 16.8 Å². The number of nitrogens with zero attached hydrogens (tertiary/aromatic N) is 1. The molecule has 0 unspecified atom stereocenters. The van der Waals surface area contributed by atoms with Crippen LogP contribution in [0.5, 0.6) is 0 Å². The minimum Gasteiger partial charge on any atom is -0.351 e. The monoisotopic (exact) mass is 377 g/mol. The summed E-state index contributed by atoms with van der Waals surface area (Å²) >= 11 is 4.33. The largest absolute Gasteiger partial charge is 0.351 e. The van der Waals surface area contributed by atoms with Crippen LogP contribution in [0.1, 0.15) is 25.8 Å². The van der Waals surface area contributed by atoms with Crippen LogP contribution in [0.2, 0.25) is 0 Å². The number of anilines is 1. The van der Waals surface area contributed by atoms with E-state index >= 15 is 0 Å². The van der Waals surface area contributed by atoms with Crippen molar-refractivity contribution in [3.8, 4) is 0 Å². The van der Waals surface area contributed by atoms with Gasteiger partial charge in [0, 0.05) is 10.3 Å². The van der Waals surface area contributed by atoms with E-state index in [9.17, 15) is 9.59 Å². The van der Waals surface area contributed by atoms with Gasteiger partial charge in [0.05, 0.1) is 23.5 Å². The maximum Gasteiger partial charge on any atom is 0.267 e. The maximum atomic E-state index is 12.0. The van der Waals surface area contributed by atoms with Gasteiger partial charge in [0.1, 0.15) is 0 Å². The normalized spacial score (nSPS) is 10.5. The van der Waals surface area contributed by atoms with E-state index < -0.39 is 0 Å². The van der Waals surface area contributed by atoms with Crippen molar-refractivity contribution >= 4 is 51.0 Å². The summed E-state index contributed by atoms with van der Waals surface area (Å²) in [5.41, 5.74) is 1.84.